The summed E-state index contributed by atoms with van der Waals surface area (Å²) in [6.07, 6.45) is 0.402. The van der Waals surface area contributed by atoms with E-state index in [0.717, 1.165) is 0 Å². The van der Waals surface area contributed by atoms with Crippen molar-refractivity contribution in [1.82, 2.24) is 4.90 Å². The van der Waals surface area contributed by atoms with Gasteiger partial charge in [-0.3, -0.25) is 4.79 Å². The Morgan fingerprint density at radius 3 is 2.46 bits per heavy atom. The number of primary amides is 1. The van der Waals surface area contributed by atoms with Crippen molar-refractivity contribution in [2.24, 2.45) is 17.4 Å². The fraction of sp³-hybridized carbons (Fsp3) is 0.714. The molecule has 6 heteroatoms. The number of carboxylic acids is 1. The van der Waals surface area contributed by atoms with Crippen LogP contribution >= 0.6 is 0 Å². The van der Waals surface area contributed by atoms with Crippen LogP contribution in [0.4, 0.5) is 4.79 Å². The molecule has 0 aromatic heterocycles. The molecule has 0 spiro atoms. The highest BCUT2D eigenvalue weighted by molar-refractivity contribution is 5.75. The Bertz CT molecular complexity index is 209. The number of hydrogen-bond donors (Lipinski definition) is 3. The minimum absolute atomic E-state index is 0.165. The van der Waals surface area contributed by atoms with Crippen molar-refractivity contribution >= 4 is 12.0 Å². The predicted octanol–water partition coefficient (Wildman–Crippen LogP) is -1.20. The van der Waals surface area contributed by atoms with Gasteiger partial charge in [-0.05, 0) is 6.42 Å². The van der Waals surface area contributed by atoms with Crippen molar-refractivity contribution in [1.29, 1.82) is 0 Å². The number of hydrogen-bond acceptors (Lipinski definition) is 3. The van der Waals surface area contributed by atoms with Gasteiger partial charge in [-0.15, -0.1) is 0 Å². The van der Waals surface area contributed by atoms with E-state index in [4.69, 9.17) is 16.6 Å². The number of carbonyl (C=O) groups is 2. The van der Waals surface area contributed by atoms with Gasteiger partial charge in [0.1, 0.15) is 0 Å². The molecule has 0 saturated carbocycles. The third kappa shape index (κ3) is 2.32. The Kier molecular flexibility index (Phi) is 2.72. The molecule has 1 saturated heterocycles. The Morgan fingerprint density at radius 1 is 1.38 bits per heavy atom. The summed E-state index contributed by atoms with van der Waals surface area (Å²) in [5.41, 5.74) is 10.6. The van der Waals surface area contributed by atoms with Gasteiger partial charge in [-0.25, -0.2) is 4.79 Å². The van der Waals surface area contributed by atoms with E-state index in [9.17, 15) is 9.59 Å². The number of urea groups is 1. The van der Waals surface area contributed by atoms with Gasteiger partial charge in [-0.2, -0.15) is 0 Å². The number of nitrogens with zero attached hydrogens (tertiary/aromatic N) is 1. The molecule has 2 amide bonds. The lowest BCUT2D eigenvalue weighted by Gasteiger charge is -2.33. The molecule has 2 atom stereocenters. The molecule has 5 N–H and O–H groups in total. The lowest BCUT2D eigenvalue weighted by molar-refractivity contribution is -0.143. The van der Waals surface area contributed by atoms with Crippen LogP contribution in [0, 0.1) is 5.92 Å². The highest BCUT2D eigenvalue weighted by Gasteiger charge is 2.31. The standard InChI is InChI=1S/C7H13N3O3/c8-5-1-4(6(11)12)2-10(3-5)7(9)13/h4-5H,1-3,8H2,(H2,9,13)(H,11,12). The smallest absolute Gasteiger partial charge is 0.314 e. The number of carbonyl (C=O) groups excluding carboxylic acids is 1. The monoisotopic (exact) mass is 187 g/mol. The van der Waals surface area contributed by atoms with E-state index in [2.05, 4.69) is 0 Å². The van der Waals surface area contributed by atoms with Gasteiger partial charge in [0.25, 0.3) is 0 Å². The van der Waals surface area contributed by atoms with Gasteiger partial charge in [0.2, 0.25) is 0 Å². The van der Waals surface area contributed by atoms with Crippen molar-refractivity contribution in [2.75, 3.05) is 13.1 Å². The first-order chi connectivity index (χ1) is 6.00. The number of amides is 2. The average Bonchev–Trinajstić information content (AvgIpc) is 2.03. The molecule has 6 nitrogen and oxygen atoms in total. The molecule has 0 aromatic carbocycles. The van der Waals surface area contributed by atoms with Crippen LogP contribution in [-0.4, -0.2) is 41.1 Å². The second kappa shape index (κ2) is 3.61. The third-order valence-electron chi connectivity index (χ3n) is 2.14. The second-order valence-corrected chi connectivity index (χ2v) is 3.27. The molecular formula is C7H13N3O3. The van der Waals surface area contributed by atoms with E-state index in [1.54, 1.807) is 0 Å². The summed E-state index contributed by atoms with van der Waals surface area (Å²) in [7, 11) is 0. The minimum Gasteiger partial charge on any atom is -0.481 e. The summed E-state index contributed by atoms with van der Waals surface area (Å²) in [6.45, 7) is 0.511. The van der Waals surface area contributed by atoms with E-state index in [0.29, 0.717) is 13.0 Å². The van der Waals surface area contributed by atoms with E-state index < -0.39 is 17.9 Å². The summed E-state index contributed by atoms with van der Waals surface area (Å²) < 4.78 is 0. The molecule has 1 aliphatic heterocycles. The van der Waals surface area contributed by atoms with Crippen molar-refractivity contribution < 1.29 is 14.7 Å². The van der Waals surface area contributed by atoms with E-state index >= 15 is 0 Å². The number of rotatable bonds is 1. The second-order valence-electron chi connectivity index (χ2n) is 3.27. The van der Waals surface area contributed by atoms with Gasteiger partial charge in [0.05, 0.1) is 5.92 Å². The van der Waals surface area contributed by atoms with Gasteiger partial charge >= 0.3 is 12.0 Å². The van der Waals surface area contributed by atoms with Crippen molar-refractivity contribution in [3.63, 3.8) is 0 Å². The van der Waals surface area contributed by atoms with Gasteiger partial charge < -0.3 is 21.5 Å². The van der Waals surface area contributed by atoms with Crippen LogP contribution in [-0.2, 0) is 4.79 Å². The lowest BCUT2D eigenvalue weighted by atomic mass is 9.95. The van der Waals surface area contributed by atoms with Gasteiger partial charge in [0, 0.05) is 19.1 Å². The topological polar surface area (TPSA) is 110 Å². The van der Waals surface area contributed by atoms with Crippen LogP contribution in [0.2, 0.25) is 0 Å². The minimum atomic E-state index is -0.929. The Labute approximate surface area is 75.5 Å². The number of aliphatic carboxylic acids is 1. The number of piperidine rings is 1. The lowest BCUT2D eigenvalue weighted by Crippen LogP contribution is -2.52. The maximum Gasteiger partial charge on any atom is 0.314 e. The zero-order valence-electron chi connectivity index (χ0n) is 7.14. The number of carboxylic acid groups (broad SMARTS) is 1. The SMILES string of the molecule is NC(=O)N1CC(N)CC(C(=O)O)C1. The largest absolute Gasteiger partial charge is 0.481 e. The Hall–Kier alpha value is -1.30. The molecular weight excluding hydrogens is 174 g/mol. The van der Waals surface area contributed by atoms with Gasteiger partial charge in [0.15, 0.2) is 0 Å². The maximum atomic E-state index is 10.8. The quantitative estimate of drug-likeness (QED) is 0.478. The van der Waals surface area contributed by atoms with Crippen LogP contribution in [0.3, 0.4) is 0 Å². The van der Waals surface area contributed by atoms with Crippen LogP contribution in [0.5, 0.6) is 0 Å². The third-order valence-corrected chi connectivity index (χ3v) is 2.14. The molecule has 74 valence electrons. The van der Waals surface area contributed by atoms with Crippen LogP contribution in [0.1, 0.15) is 6.42 Å². The first-order valence-electron chi connectivity index (χ1n) is 4.03. The number of likely N-dealkylation sites (tertiary alicyclic amines) is 1. The Balaban J connectivity index is 2.62. The molecule has 1 rings (SSSR count). The maximum absolute atomic E-state index is 10.8. The van der Waals surface area contributed by atoms with E-state index in [1.807, 2.05) is 0 Å². The van der Waals surface area contributed by atoms with Crippen LogP contribution in [0.15, 0.2) is 0 Å². The molecule has 0 aromatic rings. The summed E-state index contributed by atoms with van der Waals surface area (Å²) in [5, 5.41) is 8.72. The number of nitrogens with two attached hydrogens (primary N) is 2. The fourth-order valence-electron chi connectivity index (χ4n) is 1.50. The first kappa shape index (κ1) is 9.79. The molecule has 0 aliphatic carbocycles. The Morgan fingerprint density at radius 2 is 2.00 bits per heavy atom. The highest BCUT2D eigenvalue weighted by Crippen LogP contribution is 2.15. The molecule has 13 heavy (non-hydrogen) atoms. The van der Waals surface area contributed by atoms with E-state index in [1.165, 1.54) is 4.90 Å². The molecule has 1 heterocycles. The van der Waals surface area contributed by atoms with Gasteiger partial charge in [-0.1, -0.05) is 0 Å². The first-order valence-corrected chi connectivity index (χ1v) is 4.03. The molecule has 2 unspecified atom stereocenters. The summed E-state index contributed by atoms with van der Waals surface area (Å²) >= 11 is 0. The summed E-state index contributed by atoms with van der Waals surface area (Å²) in [5.74, 6) is -1.52. The molecule has 0 bridgehead atoms. The van der Waals surface area contributed by atoms with Crippen molar-refractivity contribution in [2.45, 2.75) is 12.5 Å². The average molecular weight is 187 g/mol. The highest BCUT2D eigenvalue weighted by atomic mass is 16.4. The van der Waals surface area contributed by atoms with Crippen molar-refractivity contribution in [3.8, 4) is 0 Å². The van der Waals surface area contributed by atoms with E-state index in [-0.39, 0.29) is 12.6 Å². The predicted molar refractivity (Wildman–Crippen MR) is 44.9 cm³/mol. The molecule has 0 radical (unpaired) electrons. The zero-order valence-corrected chi connectivity index (χ0v) is 7.14. The van der Waals surface area contributed by atoms with Crippen LogP contribution < -0.4 is 11.5 Å². The summed E-state index contributed by atoms with van der Waals surface area (Å²) in [6, 6.07) is -0.899. The molecule has 1 fully saturated rings. The normalized spacial score (nSPS) is 28.5. The van der Waals surface area contributed by atoms with Crippen LogP contribution in [0.25, 0.3) is 0 Å². The van der Waals surface area contributed by atoms with Crippen molar-refractivity contribution in [3.05, 3.63) is 0 Å². The zero-order chi connectivity index (χ0) is 10.0. The molecule has 1 aliphatic rings. The fourth-order valence-corrected chi connectivity index (χ4v) is 1.50. The summed E-state index contributed by atoms with van der Waals surface area (Å²) in [4.78, 5) is 22.7.